The van der Waals surface area contributed by atoms with Crippen molar-refractivity contribution in [3.05, 3.63) is 47.3 Å². The molecule has 1 aromatic carbocycles. The molecule has 2 saturated heterocycles. The molecule has 0 spiro atoms. The maximum absolute atomic E-state index is 13.5. The number of rotatable bonds is 3. The zero-order chi connectivity index (χ0) is 22.7. The molecule has 0 aliphatic carbocycles. The number of piperidine rings is 1. The highest BCUT2D eigenvalue weighted by Gasteiger charge is 2.31. The fourth-order valence-corrected chi connectivity index (χ4v) is 5.37. The number of fused-ring (bicyclic) bond motifs is 2. The number of hydrogen-bond acceptors (Lipinski definition) is 5. The fourth-order valence-electron chi connectivity index (χ4n) is 5.37. The Bertz CT molecular complexity index is 1350. The molecular formula is C24H30N8O. The van der Waals surface area contributed by atoms with Gasteiger partial charge in [0.15, 0.2) is 5.65 Å². The summed E-state index contributed by atoms with van der Waals surface area (Å²) in [5.41, 5.74) is 11.8. The van der Waals surface area contributed by atoms with Crippen LogP contribution in [0.4, 0.5) is 5.82 Å². The first-order valence-corrected chi connectivity index (χ1v) is 11.8. The minimum Gasteiger partial charge on any atom is -0.355 e. The summed E-state index contributed by atoms with van der Waals surface area (Å²) in [4.78, 5) is 22.7. The Morgan fingerprint density at radius 3 is 2.82 bits per heavy atom. The van der Waals surface area contributed by atoms with E-state index in [1.807, 2.05) is 51.6 Å². The van der Waals surface area contributed by atoms with E-state index in [0.29, 0.717) is 5.56 Å². The molecule has 33 heavy (non-hydrogen) atoms. The quantitative estimate of drug-likeness (QED) is 0.504. The number of aryl methyl sites for hydroxylation is 2. The number of likely N-dealkylation sites (tertiary alicyclic amines) is 1. The predicted molar refractivity (Wildman–Crippen MR) is 127 cm³/mol. The first kappa shape index (κ1) is 20.3. The maximum Gasteiger partial charge on any atom is 0.254 e. The molecule has 5 heterocycles. The van der Waals surface area contributed by atoms with Crippen LogP contribution in [-0.2, 0) is 7.05 Å². The van der Waals surface area contributed by atoms with Crippen molar-refractivity contribution >= 4 is 28.4 Å². The largest absolute Gasteiger partial charge is 0.355 e. The van der Waals surface area contributed by atoms with Gasteiger partial charge in [-0.1, -0.05) is 0 Å². The van der Waals surface area contributed by atoms with Crippen LogP contribution in [0.15, 0.2) is 30.5 Å². The molecule has 0 saturated carbocycles. The lowest BCUT2D eigenvalue weighted by atomic mass is 9.98. The average molecular weight is 447 g/mol. The molecule has 172 valence electrons. The lowest BCUT2D eigenvalue weighted by Crippen LogP contribution is -2.38. The lowest BCUT2D eigenvalue weighted by molar-refractivity contribution is 0.0606. The van der Waals surface area contributed by atoms with Gasteiger partial charge in [0.2, 0.25) is 0 Å². The van der Waals surface area contributed by atoms with E-state index >= 15 is 0 Å². The van der Waals surface area contributed by atoms with E-state index in [1.54, 1.807) is 0 Å². The topological polar surface area (TPSA) is 100 Å². The van der Waals surface area contributed by atoms with Crippen LogP contribution in [0.2, 0.25) is 0 Å². The average Bonchev–Trinajstić information content (AvgIpc) is 3.42. The van der Waals surface area contributed by atoms with Crippen molar-refractivity contribution in [1.29, 1.82) is 0 Å². The molecular weight excluding hydrogens is 416 g/mol. The van der Waals surface area contributed by atoms with E-state index in [1.165, 1.54) is 0 Å². The molecule has 3 aromatic heterocycles. The molecule has 9 heteroatoms. The minimum atomic E-state index is -0.0429. The van der Waals surface area contributed by atoms with Crippen LogP contribution in [0.5, 0.6) is 0 Å². The third-order valence-electron chi connectivity index (χ3n) is 7.15. The monoisotopic (exact) mass is 446 g/mol. The smallest absolute Gasteiger partial charge is 0.254 e. The van der Waals surface area contributed by atoms with Crippen LogP contribution in [0.1, 0.15) is 53.3 Å². The Kier molecular flexibility index (Phi) is 4.69. The van der Waals surface area contributed by atoms with Gasteiger partial charge >= 0.3 is 0 Å². The maximum atomic E-state index is 13.5. The first-order chi connectivity index (χ1) is 16.0. The van der Waals surface area contributed by atoms with E-state index in [9.17, 15) is 4.79 Å². The van der Waals surface area contributed by atoms with Crippen LogP contribution in [0.3, 0.4) is 0 Å². The molecule has 2 atom stereocenters. The van der Waals surface area contributed by atoms with Crippen LogP contribution < -0.4 is 10.6 Å². The van der Waals surface area contributed by atoms with Crippen molar-refractivity contribution in [1.82, 2.24) is 29.3 Å². The Hall–Kier alpha value is -3.33. The number of nitrogens with one attached hydrogen (secondary N) is 1. The number of anilines is 1. The number of aromatic nitrogens is 5. The van der Waals surface area contributed by atoms with Gasteiger partial charge in [0.25, 0.3) is 5.91 Å². The lowest BCUT2D eigenvalue weighted by Gasteiger charge is -2.35. The van der Waals surface area contributed by atoms with Crippen molar-refractivity contribution in [2.24, 2.45) is 12.8 Å². The number of H-pyrrole nitrogens is 1. The second-order valence-electron chi connectivity index (χ2n) is 9.53. The summed E-state index contributed by atoms with van der Waals surface area (Å²) in [7, 11) is 1.97. The molecule has 0 bridgehead atoms. The summed E-state index contributed by atoms with van der Waals surface area (Å²) in [5.74, 6) is 1.05. The van der Waals surface area contributed by atoms with E-state index in [2.05, 4.69) is 16.9 Å². The third kappa shape index (κ3) is 3.38. The molecule has 0 radical (unpaired) electrons. The van der Waals surface area contributed by atoms with Crippen molar-refractivity contribution < 1.29 is 4.79 Å². The zero-order valence-electron chi connectivity index (χ0n) is 19.2. The number of nitrogens with zero attached hydrogens (tertiary/aromatic N) is 6. The van der Waals surface area contributed by atoms with Gasteiger partial charge in [0.1, 0.15) is 5.82 Å². The summed E-state index contributed by atoms with van der Waals surface area (Å²) >= 11 is 0. The van der Waals surface area contributed by atoms with Crippen molar-refractivity contribution in [2.75, 3.05) is 24.5 Å². The molecule has 2 unspecified atom stereocenters. The Morgan fingerprint density at radius 2 is 2.06 bits per heavy atom. The van der Waals surface area contributed by atoms with Gasteiger partial charge in [-0.05, 0) is 50.8 Å². The van der Waals surface area contributed by atoms with Crippen molar-refractivity contribution in [2.45, 2.75) is 44.7 Å². The number of benzene rings is 1. The summed E-state index contributed by atoms with van der Waals surface area (Å²) in [5, 5.41) is 8.07. The minimum absolute atomic E-state index is 0.0429. The number of amides is 1. The van der Waals surface area contributed by atoms with Gasteiger partial charge in [-0.2, -0.15) is 5.10 Å². The Labute approximate surface area is 192 Å². The molecule has 3 N–H and O–H groups in total. The Morgan fingerprint density at radius 1 is 1.18 bits per heavy atom. The van der Waals surface area contributed by atoms with Crippen LogP contribution in [0, 0.1) is 6.92 Å². The molecule has 4 aromatic rings. The van der Waals surface area contributed by atoms with Gasteiger partial charge in [0, 0.05) is 56.1 Å². The van der Waals surface area contributed by atoms with Gasteiger partial charge in [-0.25, -0.2) is 9.50 Å². The summed E-state index contributed by atoms with van der Waals surface area (Å²) in [6.45, 7) is 4.58. The predicted octanol–water partition coefficient (Wildman–Crippen LogP) is 2.76. The summed E-state index contributed by atoms with van der Waals surface area (Å²) in [6, 6.07) is 8.08. The number of hydrogen-bond donors (Lipinski definition) is 2. The van der Waals surface area contributed by atoms with Gasteiger partial charge in [-0.15, -0.1) is 0 Å². The SMILES string of the molecule is Cc1cn2nc(C3CCCCN3C(=O)c3ccc4c(c3)[nH]n4C)cc2nc1N1CCC(N)C1. The van der Waals surface area contributed by atoms with Gasteiger partial charge in [-0.3, -0.25) is 14.6 Å². The number of nitrogens with two attached hydrogens (primary N) is 1. The van der Waals surface area contributed by atoms with Crippen molar-refractivity contribution in [3.63, 3.8) is 0 Å². The Balaban J connectivity index is 1.32. The standard InChI is InChI=1S/C24H30N8O/c1-15-13-32-22(26-23(15)30-10-8-17(25)14-30)12-19(28-32)21-5-3-4-9-31(21)24(33)16-6-7-20-18(11-16)27-29(20)2/h6-7,11-13,17,21,27H,3-5,8-10,14,25H2,1-2H3. The van der Waals surface area contributed by atoms with E-state index in [0.717, 1.165) is 79.1 Å². The summed E-state index contributed by atoms with van der Waals surface area (Å²) in [6.07, 6.45) is 6.04. The molecule has 2 fully saturated rings. The zero-order valence-corrected chi connectivity index (χ0v) is 19.2. The second-order valence-corrected chi connectivity index (χ2v) is 9.53. The number of carbonyl (C=O) groups is 1. The first-order valence-electron chi connectivity index (χ1n) is 11.8. The highest BCUT2D eigenvalue weighted by Crippen LogP contribution is 2.33. The normalized spacial score (nSPS) is 21.5. The highest BCUT2D eigenvalue weighted by molar-refractivity contribution is 5.98. The van der Waals surface area contributed by atoms with E-state index in [4.69, 9.17) is 15.8 Å². The van der Waals surface area contributed by atoms with Crippen LogP contribution >= 0.6 is 0 Å². The van der Waals surface area contributed by atoms with Crippen LogP contribution in [-0.4, -0.2) is 60.9 Å². The van der Waals surface area contributed by atoms with E-state index < -0.39 is 0 Å². The van der Waals surface area contributed by atoms with Crippen molar-refractivity contribution in [3.8, 4) is 0 Å². The third-order valence-corrected chi connectivity index (χ3v) is 7.15. The molecule has 2 aliphatic rings. The molecule has 1 amide bonds. The molecule has 9 nitrogen and oxygen atoms in total. The second kappa shape index (κ2) is 7.62. The van der Waals surface area contributed by atoms with Gasteiger partial charge < -0.3 is 15.5 Å². The molecule has 6 rings (SSSR count). The highest BCUT2D eigenvalue weighted by atomic mass is 16.2. The number of aromatic amines is 1. The number of carbonyl (C=O) groups excluding carboxylic acids is 1. The van der Waals surface area contributed by atoms with Gasteiger partial charge in [0.05, 0.1) is 22.8 Å². The van der Waals surface area contributed by atoms with Crippen LogP contribution in [0.25, 0.3) is 16.7 Å². The fraction of sp³-hybridized carbons (Fsp3) is 0.458. The van der Waals surface area contributed by atoms with E-state index in [-0.39, 0.29) is 18.0 Å². The summed E-state index contributed by atoms with van der Waals surface area (Å²) < 4.78 is 3.80. The molecule has 2 aliphatic heterocycles.